The smallest absolute Gasteiger partial charge is 0.227 e. The summed E-state index contributed by atoms with van der Waals surface area (Å²) in [5.41, 5.74) is 2.01. The molecular formula is C15H21NO3. The summed E-state index contributed by atoms with van der Waals surface area (Å²) in [4.78, 5) is 13.9. The second-order valence-electron chi connectivity index (χ2n) is 5.12. The normalized spacial score (nSPS) is 19.3. The van der Waals surface area contributed by atoms with Gasteiger partial charge in [0.15, 0.2) is 0 Å². The Morgan fingerprint density at radius 1 is 1.53 bits per heavy atom. The van der Waals surface area contributed by atoms with Crippen LogP contribution in [0.5, 0.6) is 5.75 Å². The van der Waals surface area contributed by atoms with Gasteiger partial charge >= 0.3 is 0 Å². The summed E-state index contributed by atoms with van der Waals surface area (Å²) in [5, 5.41) is 9.60. The van der Waals surface area contributed by atoms with Gasteiger partial charge in [0, 0.05) is 13.1 Å². The number of aliphatic hydroxyl groups is 1. The van der Waals surface area contributed by atoms with Gasteiger partial charge in [-0.1, -0.05) is 12.1 Å². The van der Waals surface area contributed by atoms with Crippen LogP contribution in [0.2, 0.25) is 0 Å². The maximum absolute atomic E-state index is 12.2. The number of amides is 1. The Labute approximate surface area is 114 Å². The number of aryl methyl sites for hydroxylation is 1. The first-order valence-corrected chi connectivity index (χ1v) is 6.69. The van der Waals surface area contributed by atoms with Crippen LogP contribution in [0.25, 0.3) is 0 Å². The number of carbonyl (C=O) groups excluding carboxylic acids is 1. The van der Waals surface area contributed by atoms with Crippen LogP contribution in [0, 0.1) is 6.92 Å². The third-order valence-electron chi connectivity index (χ3n) is 3.58. The zero-order chi connectivity index (χ0) is 13.8. The number of aliphatic hydroxyl groups excluding tert-OH is 1. The van der Waals surface area contributed by atoms with Gasteiger partial charge in [-0.15, -0.1) is 0 Å². The fraction of sp³-hybridized carbons (Fsp3) is 0.533. The molecule has 1 atom stereocenters. The quantitative estimate of drug-likeness (QED) is 0.899. The molecule has 1 heterocycles. The lowest BCUT2D eigenvalue weighted by Gasteiger charge is -2.30. The van der Waals surface area contributed by atoms with Gasteiger partial charge in [0.25, 0.3) is 0 Å². The van der Waals surface area contributed by atoms with E-state index in [1.54, 1.807) is 12.0 Å². The Bertz CT molecular complexity index is 459. The van der Waals surface area contributed by atoms with Gasteiger partial charge < -0.3 is 14.7 Å². The molecule has 1 fully saturated rings. The van der Waals surface area contributed by atoms with Crippen molar-refractivity contribution >= 4 is 5.91 Å². The van der Waals surface area contributed by atoms with Crippen molar-refractivity contribution in [1.82, 2.24) is 4.90 Å². The van der Waals surface area contributed by atoms with Crippen molar-refractivity contribution in [3.05, 3.63) is 29.3 Å². The van der Waals surface area contributed by atoms with E-state index in [0.29, 0.717) is 13.0 Å². The lowest BCUT2D eigenvalue weighted by atomic mass is 10.1. The van der Waals surface area contributed by atoms with Crippen LogP contribution < -0.4 is 4.74 Å². The molecule has 104 valence electrons. The minimum absolute atomic E-state index is 0.0738. The summed E-state index contributed by atoms with van der Waals surface area (Å²) in [6.45, 7) is 3.19. The first kappa shape index (κ1) is 13.9. The number of methoxy groups -OCH3 is 1. The van der Waals surface area contributed by atoms with Crippen LogP contribution >= 0.6 is 0 Å². The topological polar surface area (TPSA) is 49.8 Å². The average Bonchev–Trinajstić information content (AvgIpc) is 2.41. The molecule has 4 nitrogen and oxygen atoms in total. The molecule has 0 aromatic heterocycles. The van der Waals surface area contributed by atoms with Crippen molar-refractivity contribution in [1.29, 1.82) is 0 Å². The van der Waals surface area contributed by atoms with Gasteiger partial charge in [-0.05, 0) is 37.0 Å². The largest absolute Gasteiger partial charge is 0.496 e. The molecule has 1 aliphatic rings. The predicted octanol–water partition coefficient (Wildman–Crippen LogP) is 1.53. The van der Waals surface area contributed by atoms with E-state index in [9.17, 15) is 9.90 Å². The highest BCUT2D eigenvalue weighted by atomic mass is 16.5. The molecule has 1 saturated heterocycles. The second-order valence-corrected chi connectivity index (χ2v) is 5.12. The second kappa shape index (κ2) is 6.06. The lowest BCUT2D eigenvalue weighted by Crippen LogP contribution is -2.42. The molecule has 1 N–H and O–H groups in total. The number of hydrogen-bond acceptors (Lipinski definition) is 3. The Kier molecular flexibility index (Phi) is 4.43. The Morgan fingerprint density at radius 2 is 2.32 bits per heavy atom. The number of piperidine rings is 1. The van der Waals surface area contributed by atoms with Crippen LogP contribution in [-0.2, 0) is 11.2 Å². The first-order valence-electron chi connectivity index (χ1n) is 6.69. The molecule has 2 rings (SSSR count). The molecule has 0 spiro atoms. The van der Waals surface area contributed by atoms with Gasteiger partial charge in [-0.2, -0.15) is 0 Å². The summed E-state index contributed by atoms with van der Waals surface area (Å²) in [6.07, 6.45) is 1.67. The van der Waals surface area contributed by atoms with Crippen molar-refractivity contribution in [3.63, 3.8) is 0 Å². The van der Waals surface area contributed by atoms with E-state index in [2.05, 4.69) is 0 Å². The van der Waals surface area contributed by atoms with E-state index in [4.69, 9.17) is 4.74 Å². The van der Waals surface area contributed by atoms with E-state index in [0.717, 1.165) is 36.3 Å². The molecule has 1 aromatic carbocycles. The van der Waals surface area contributed by atoms with Crippen LogP contribution in [0.1, 0.15) is 24.0 Å². The summed E-state index contributed by atoms with van der Waals surface area (Å²) < 4.78 is 5.26. The molecule has 1 aromatic rings. The van der Waals surface area contributed by atoms with Gasteiger partial charge in [-0.25, -0.2) is 0 Å². The summed E-state index contributed by atoms with van der Waals surface area (Å²) in [6, 6.07) is 5.83. The minimum atomic E-state index is -0.370. The number of nitrogens with zero attached hydrogens (tertiary/aromatic N) is 1. The highest BCUT2D eigenvalue weighted by molar-refractivity contribution is 5.79. The predicted molar refractivity (Wildman–Crippen MR) is 73.3 cm³/mol. The van der Waals surface area contributed by atoms with E-state index in [1.165, 1.54) is 0 Å². The molecule has 0 unspecified atom stereocenters. The van der Waals surface area contributed by atoms with Crippen molar-refractivity contribution in [3.8, 4) is 5.75 Å². The number of ether oxygens (including phenoxy) is 1. The summed E-state index contributed by atoms with van der Waals surface area (Å²) in [7, 11) is 1.63. The minimum Gasteiger partial charge on any atom is -0.496 e. The molecule has 0 radical (unpaired) electrons. The number of carbonyl (C=O) groups is 1. The van der Waals surface area contributed by atoms with Crippen molar-refractivity contribution in [2.45, 2.75) is 32.3 Å². The number of benzene rings is 1. The number of likely N-dealkylation sites (tertiary alicyclic amines) is 1. The van der Waals surface area contributed by atoms with Crippen LogP contribution in [0.3, 0.4) is 0 Å². The van der Waals surface area contributed by atoms with Crippen LogP contribution in [0.15, 0.2) is 18.2 Å². The molecule has 1 amide bonds. The Balaban J connectivity index is 2.02. The van der Waals surface area contributed by atoms with Gasteiger partial charge in [-0.3, -0.25) is 4.79 Å². The number of hydrogen-bond donors (Lipinski definition) is 1. The number of β-amino-alcohol motifs (C(OH)–C–C–N with tert-alkyl or cyclic N) is 1. The standard InChI is InChI=1S/C15H21NO3/c1-11-5-6-12(8-14(11)19-2)9-15(18)16-7-3-4-13(17)10-16/h5-6,8,13,17H,3-4,7,9-10H2,1-2H3/t13-/m0/s1. The van der Waals surface area contributed by atoms with Gasteiger partial charge in [0.05, 0.1) is 19.6 Å². The maximum atomic E-state index is 12.2. The lowest BCUT2D eigenvalue weighted by molar-refractivity contribution is -0.133. The Hall–Kier alpha value is -1.55. The monoisotopic (exact) mass is 263 g/mol. The molecular weight excluding hydrogens is 242 g/mol. The van der Waals surface area contributed by atoms with E-state index in [1.807, 2.05) is 25.1 Å². The molecule has 0 aliphatic carbocycles. The highest BCUT2D eigenvalue weighted by Crippen LogP contribution is 2.20. The SMILES string of the molecule is COc1cc(CC(=O)N2CCC[C@H](O)C2)ccc1C. The molecule has 0 bridgehead atoms. The molecule has 4 heteroatoms. The van der Waals surface area contributed by atoms with Crippen molar-refractivity contribution < 1.29 is 14.6 Å². The fourth-order valence-corrected chi connectivity index (χ4v) is 2.44. The van der Waals surface area contributed by atoms with E-state index in [-0.39, 0.29) is 12.0 Å². The van der Waals surface area contributed by atoms with Crippen molar-refractivity contribution in [2.24, 2.45) is 0 Å². The van der Waals surface area contributed by atoms with Crippen molar-refractivity contribution in [2.75, 3.05) is 20.2 Å². The zero-order valence-corrected chi connectivity index (χ0v) is 11.6. The first-order chi connectivity index (χ1) is 9.10. The fourth-order valence-electron chi connectivity index (χ4n) is 2.44. The third-order valence-corrected chi connectivity index (χ3v) is 3.58. The molecule has 19 heavy (non-hydrogen) atoms. The highest BCUT2D eigenvalue weighted by Gasteiger charge is 2.22. The summed E-state index contributed by atoms with van der Waals surface area (Å²) in [5.74, 6) is 0.883. The zero-order valence-electron chi connectivity index (χ0n) is 11.6. The van der Waals surface area contributed by atoms with Crippen LogP contribution in [0.4, 0.5) is 0 Å². The molecule has 1 aliphatic heterocycles. The van der Waals surface area contributed by atoms with Gasteiger partial charge in [0.2, 0.25) is 5.91 Å². The maximum Gasteiger partial charge on any atom is 0.227 e. The average molecular weight is 263 g/mol. The molecule has 0 saturated carbocycles. The Morgan fingerprint density at radius 3 is 3.00 bits per heavy atom. The van der Waals surface area contributed by atoms with E-state index >= 15 is 0 Å². The van der Waals surface area contributed by atoms with Crippen LogP contribution in [-0.4, -0.2) is 42.2 Å². The van der Waals surface area contributed by atoms with Gasteiger partial charge in [0.1, 0.15) is 5.75 Å². The third kappa shape index (κ3) is 3.47. The number of rotatable bonds is 3. The summed E-state index contributed by atoms with van der Waals surface area (Å²) >= 11 is 0. The van der Waals surface area contributed by atoms with E-state index < -0.39 is 0 Å².